The Bertz CT molecular complexity index is 1280. The molecule has 0 fully saturated rings. The number of hydrogen-bond acceptors (Lipinski definition) is 6. The first-order chi connectivity index (χ1) is 17.5. The van der Waals surface area contributed by atoms with E-state index in [0.717, 1.165) is 11.3 Å². The average Bonchev–Trinajstić information content (AvgIpc) is 3.44. The minimum atomic E-state index is -4.80. The van der Waals surface area contributed by atoms with E-state index >= 15 is 0 Å². The number of halogens is 3. The first-order valence-corrected chi connectivity index (χ1v) is 11.7. The fourth-order valence-electron chi connectivity index (χ4n) is 4.31. The van der Waals surface area contributed by atoms with Crippen LogP contribution in [-0.4, -0.2) is 49.4 Å². The number of rotatable bonds is 7. The molecule has 0 bridgehead atoms. The van der Waals surface area contributed by atoms with E-state index < -0.39 is 35.4 Å². The van der Waals surface area contributed by atoms with Gasteiger partial charge >= 0.3 is 12.1 Å². The summed E-state index contributed by atoms with van der Waals surface area (Å²) in [4.78, 5) is 28.6. The summed E-state index contributed by atoms with van der Waals surface area (Å²) >= 11 is 0. The molecule has 2 heterocycles. The molecule has 196 valence electrons. The SMILES string of the molecule is COC(=O)c1ccc(C(C)NC(=O)c2c(C(F)(F)F)nn3c2N(Cc2ccc(N(C)C)cc2)CC3)cc1. The summed E-state index contributed by atoms with van der Waals surface area (Å²) in [5.74, 6) is -1.23. The van der Waals surface area contributed by atoms with Gasteiger partial charge in [0.05, 0.1) is 25.3 Å². The van der Waals surface area contributed by atoms with E-state index in [9.17, 15) is 22.8 Å². The zero-order valence-corrected chi connectivity index (χ0v) is 21.0. The first kappa shape index (κ1) is 26.1. The van der Waals surface area contributed by atoms with Crippen molar-refractivity contribution < 1.29 is 27.5 Å². The Morgan fingerprint density at radius 2 is 1.73 bits per heavy atom. The van der Waals surface area contributed by atoms with E-state index in [4.69, 9.17) is 0 Å². The third-order valence-corrected chi connectivity index (χ3v) is 6.31. The molecule has 37 heavy (non-hydrogen) atoms. The van der Waals surface area contributed by atoms with Crippen molar-refractivity contribution in [2.75, 3.05) is 37.5 Å². The summed E-state index contributed by atoms with van der Waals surface area (Å²) in [6, 6.07) is 13.4. The highest BCUT2D eigenvalue weighted by Crippen LogP contribution is 2.38. The van der Waals surface area contributed by atoms with Crippen molar-refractivity contribution in [3.05, 3.63) is 76.5 Å². The van der Waals surface area contributed by atoms with Crippen LogP contribution in [0.5, 0.6) is 0 Å². The fraction of sp³-hybridized carbons (Fsp3) is 0.346. The van der Waals surface area contributed by atoms with Crippen LogP contribution in [0.25, 0.3) is 0 Å². The number of carbonyl (C=O) groups excluding carboxylic acids is 2. The number of esters is 1. The predicted octanol–water partition coefficient (Wildman–Crippen LogP) is 4.27. The Hall–Kier alpha value is -4.02. The van der Waals surface area contributed by atoms with Gasteiger partial charge in [-0.2, -0.15) is 18.3 Å². The highest BCUT2D eigenvalue weighted by Gasteiger charge is 2.44. The van der Waals surface area contributed by atoms with Crippen molar-refractivity contribution in [3.63, 3.8) is 0 Å². The van der Waals surface area contributed by atoms with Crippen LogP contribution in [0.1, 0.15) is 50.5 Å². The molecule has 2 aromatic carbocycles. The number of methoxy groups -OCH3 is 1. The molecule has 8 nitrogen and oxygen atoms in total. The van der Waals surface area contributed by atoms with E-state index in [1.807, 2.05) is 43.3 Å². The number of nitrogens with one attached hydrogen (secondary N) is 1. The molecular weight excluding hydrogens is 487 g/mol. The lowest BCUT2D eigenvalue weighted by Gasteiger charge is -2.21. The van der Waals surface area contributed by atoms with Crippen molar-refractivity contribution in [1.82, 2.24) is 15.1 Å². The Morgan fingerprint density at radius 1 is 1.08 bits per heavy atom. The summed E-state index contributed by atoms with van der Waals surface area (Å²) in [6.07, 6.45) is -4.80. The Labute approximate surface area is 212 Å². The van der Waals surface area contributed by atoms with E-state index in [1.165, 1.54) is 23.9 Å². The van der Waals surface area contributed by atoms with Crippen molar-refractivity contribution in [2.45, 2.75) is 32.2 Å². The topological polar surface area (TPSA) is 79.7 Å². The molecule has 4 rings (SSSR count). The maximum absolute atomic E-state index is 13.9. The van der Waals surface area contributed by atoms with Gasteiger partial charge in [-0.25, -0.2) is 9.48 Å². The van der Waals surface area contributed by atoms with Crippen LogP contribution < -0.4 is 15.1 Å². The minimum absolute atomic E-state index is 0.148. The van der Waals surface area contributed by atoms with Gasteiger partial charge in [0, 0.05) is 32.9 Å². The van der Waals surface area contributed by atoms with Gasteiger partial charge in [-0.1, -0.05) is 24.3 Å². The number of fused-ring (bicyclic) bond motifs is 1. The fourth-order valence-corrected chi connectivity index (χ4v) is 4.31. The van der Waals surface area contributed by atoms with Gasteiger partial charge in [0.1, 0.15) is 11.4 Å². The molecule has 0 saturated carbocycles. The number of aromatic nitrogens is 2. The smallest absolute Gasteiger partial charge is 0.436 e. The number of amides is 1. The van der Waals surface area contributed by atoms with E-state index in [0.29, 0.717) is 24.2 Å². The van der Waals surface area contributed by atoms with Crippen molar-refractivity contribution in [2.24, 2.45) is 0 Å². The molecule has 11 heteroatoms. The van der Waals surface area contributed by atoms with Crippen LogP contribution in [0.2, 0.25) is 0 Å². The second-order valence-corrected chi connectivity index (χ2v) is 9.06. The second kappa shape index (κ2) is 10.2. The number of anilines is 2. The van der Waals surface area contributed by atoms with Crippen LogP contribution in [0.15, 0.2) is 48.5 Å². The van der Waals surface area contributed by atoms with E-state index in [1.54, 1.807) is 24.0 Å². The van der Waals surface area contributed by atoms with Gasteiger partial charge < -0.3 is 19.9 Å². The van der Waals surface area contributed by atoms with Gasteiger partial charge in [0.2, 0.25) is 0 Å². The van der Waals surface area contributed by atoms with Crippen LogP contribution >= 0.6 is 0 Å². The number of nitrogens with zero attached hydrogens (tertiary/aromatic N) is 4. The van der Waals surface area contributed by atoms with Crippen LogP contribution in [0.3, 0.4) is 0 Å². The zero-order valence-electron chi connectivity index (χ0n) is 21.0. The monoisotopic (exact) mass is 515 g/mol. The number of hydrogen-bond donors (Lipinski definition) is 1. The van der Waals surface area contributed by atoms with Gasteiger partial charge in [-0.05, 0) is 42.3 Å². The molecular formula is C26H28F3N5O3. The molecule has 0 spiro atoms. The van der Waals surface area contributed by atoms with Crippen molar-refractivity contribution in [1.29, 1.82) is 0 Å². The highest BCUT2D eigenvalue weighted by molar-refractivity contribution is 6.01. The molecule has 1 aliphatic heterocycles. The third-order valence-electron chi connectivity index (χ3n) is 6.31. The van der Waals surface area contributed by atoms with Gasteiger partial charge in [-0.3, -0.25) is 4.79 Å². The highest BCUT2D eigenvalue weighted by atomic mass is 19.4. The van der Waals surface area contributed by atoms with Crippen LogP contribution in [-0.2, 0) is 24.0 Å². The van der Waals surface area contributed by atoms with Crippen molar-refractivity contribution in [3.8, 4) is 0 Å². The Balaban J connectivity index is 1.61. The Morgan fingerprint density at radius 3 is 2.30 bits per heavy atom. The zero-order chi connectivity index (χ0) is 26.9. The molecule has 3 aromatic rings. The van der Waals surface area contributed by atoms with Crippen LogP contribution in [0.4, 0.5) is 24.7 Å². The maximum Gasteiger partial charge on any atom is 0.436 e. The summed E-state index contributed by atoms with van der Waals surface area (Å²) < 4.78 is 47.7. The molecule has 1 N–H and O–H groups in total. The standard InChI is InChI=1S/C26H28F3N5O3/c1-16(18-7-9-19(10-8-18)25(36)37-4)30-23(35)21-22(26(27,28)29)31-34-14-13-33(24(21)34)15-17-5-11-20(12-6-17)32(2)3/h5-12,16H,13-15H2,1-4H3,(H,30,35). The summed E-state index contributed by atoms with van der Waals surface area (Å²) in [5.41, 5.74) is 1.15. The quantitative estimate of drug-likeness (QED) is 0.474. The molecule has 0 saturated heterocycles. The first-order valence-electron chi connectivity index (χ1n) is 11.7. The summed E-state index contributed by atoms with van der Waals surface area (Å²) in [6.45, 7) is 2.67. The number of ether oxygens (including phenoxy) is 1. The predicted molar refractivity (Wildman–Crippen MR) is 133 cm³/mol. The number of alkyl halides is 3. The molecule has 0 aliphatic carbocycles. The van der Waals surface area contributed by atoms with E-state index in [-0.39, 0.29) is 12.4 Å². The Kier molecular flexibility index (Phi) is 7.15. The van der Waals surface area contributed by atoms with Gasteiger partial charge in [0.25, 0.3) is 5.91 Å². The lowest BCUT2D eigenvalue weighted by Crippen LogP contribution is -2.31. The summed E-state index contributed by atoms with van der Waals surface area (Å²) in [5, 5.41) is 6.43. The number of carbonyl (C=O) groups is 2. The second-order valence-electron chi connectivity index (χ2n) is 9.06. The average molecular weight is 516 g/mol. The molecule has 1 unspecified atom stereocenters. The van der Waals surface area contributed by atoms with Crippen LogP contribution in [0, 0.1) is 0 Å². The lowest BCUT2D eigenvalue weighted by atomic mass is 10.1. The molecule has 1 atom stereocenters. The summed E-state index contributed by atoms with van der Waals surface area (Å²) in [7, 11) is 5.11. The molecule has 1 amide bonds. The third kappa shape index (κ3) is 5.40. The largest absolute Gasteiger partial charge is 0.465 e. The maximum atomic E-state index is 13.9. The van der Waals surface area contributed by atoms with Gasteiger partial charge in [0.15, 0.2) is 5.69 Å². The molecule has 0 radical (unpaired) electrons. The normalized spacial score (nSPS) is 13.8. The lowest BCUT2D eigenvalue weighted by molar-refractivity contribution is -0.141. The minimum Gasteiger partial charge on any atom is -0.465 e. The van der Waals surface area contributed by atoms with Crippen molar-refractivity contribution >= 4 is 23.4 Å². The molecule has 1 aromatic heterocycles. The number of benzene rings is 2. The molecule has 1 aliphatic rings. The van der Waals surface area contributed by atoms with Gasteiger partial charge in [-0.15, -0.1) is 0 Å². The van der Waals surface area contributed by atoms with E-state index in [2.05, 4.69) is 15.2 Å².